The molecule has 10 aromatic rings. The Morgan fingerprint density at radius 2 is 0.879 bits per heavy atom. The zero-order chi connectivity index (χ0) is 38.4. The summed E-state index contributed by atoms with van der Waals surface area (Å²) in [5.41, 5.74) is 15.1. The summed E-state index contributed by atoms with van der Waals surface area (Å²) in [6.45, 7) is 0. The molecule has 0 saturated carbocycles. The highest BCUT2D eigenvalue weighted by molar-refractivity contribution is 6.06. The second kappa shape index (κ2) is 14.1. The molecule has 0 fully saturated rings. The molecule has 0 spiro atoms. The van der Waals surface area contributed by atoms with Crippen molar-refractivity contribution in [1.82, 2.24) is 0 Å². The van der Waals surface area contributed by atoms with E-state index in [0.717, 1.165) is 56.2 Å². The zero-order valence-electron chi connectivity index (χ0n) is 31.7. The second-order valence-electron chi connectivity index (χ2n) is 14.9. The maximum absolute atomic E-state index is 6.50. The molecular formula is C56H37NO. The van der Waals surface area contributed by atoms with Gasteiger partial charge in [0.2, 0.25) is 0 Å². The van der Waals surface area contributed by atoms with Gasteiger partial charge in [-0.15, -0.1) is 0 Å². The lowest BCUT2D eigenvalue weighted by Gasteiger charge is -2.29. The molecule has 2 nitrogen and oxygen atoms in total. The molecule has 0 saturated heterocycles. The van der Waals surface area contributed by atoms with Crippen LogP contribution in [0.25, 0.3) is 77.2 Å². The highest BCUT2D eigenvalue weighted by Gasteiger charge is 2.23. The van der Waals surface area contributed by atoms with Crippen molar-refractivity contribution in [3.63, 3.8) is 0 Å². The van der Waals surface area contributed by atoms with E-state index in [2.05, 4.69) is 229 Å². The maximum Gasteiger partial charge on any atom is 0.135 e. The van der Waals surface area contributed by atoms with Gasteiger partial charge >= 0.3 is 0 Å². The summed E-state index contributed by atoms with van der Waals surface area (Å²) >= 11 is 0. The van der Waals surface area contributed by atoms with Crippen LogP contribution in [-0.2, 0) is 0 Å². The first-order valence-corrected chi connectivity index (χ1v) is 19.8. The van der Waals surface area contributed by atoms with Gasteiger partial charge in [-0.25, -0.2) is 0 Å². The summed E-state index contributed by atoms with van der Waals surface area (Å²) in [4.78, 5) is 2.42. The van der Waals surface area contributed by atoms with Crippen LogP contribution in [0.4, 0.5) is 17.1 Å². The topological polar surface area (TPSA) is 12.5 Å². The fourth-order valence-corrected chi connectivity index (χ4v) is 8.71. The van der Waals surface area contributed by atoms with E-state index >= 15 is 0 Å². The van der Waals surface area contributed by atoms with Gasteiger partial charge < -0.3 is 9.64 Å². The molecule has 0 radical (unpaired) electrons. The minimum Gasteiger partial charge on any atom is -0.456 e. The van der Waals surface area contributed by atoms with Crippen LogP contribution in [-0.4, -0.2) is 0 Å². The van der Waals surface area contributed by atoms with Gasteiger partial charge in [0.1, 0.15) is 11.5 Å². The van der Waals surface area contributed by atoms with Crippen molar-refractivity contribution in [2.24, 2.45) is 0 Å². The van der Waals surface area contributed by atoms with Gasteiger partial charge in [0, 0.05) is 27.6 Å². The van der Waals surface area contributed by atoms with Gasteiger partial charge in [-0.2, -0.15) is 0 Å². The Kier molecular flexibility index (Phi) is 8.19. The molecule has 0 amide bonds. The van der Waals surface area contributed by atoms with Crippen LogP contribution >= 0.6 is 0 Å². The van der Waals surface area contributed by atoms with Crippen molar-refractivity contribution in [3.05, 3.63) is 224 Å². The van der Waals surface area contributed by atoms with Crippen LogP contribution < -0.4 is 9.64 Å². The Bertz CT molecular complexity index is 3120. The van der Waals surface area contributed by atoms with E-state index in [1.54, 1.807) is 0 Å². The Morgan fingerprint density at radius 1 is 0.293 bits per heavy atom. The molecule has 0 bridgehead atoms. The van der Waals surface area contributed by atoms with Crippen molar-refractivity contribution >= 4 is 38.6 Å². The fraction of sp³-hybridized carbons (Fsp3) is 0. The number of nitrogens with zero attached hydrogens (tertiary/aromatic N) is 1. The first-order valence-electron chi connectivity index (χ1n) is 19.8. The van der Waals surface area contributed by atoms with E-state index < -0.39 is 0 Å². The normalized spacial score (nSPS) is 11.6. The number of rotatable bonds is 7. The van der Waals surface area contributed by atoms with E-state index in [1.807, 2.05) is 0 Å². The summed E-state index contributed by atoms with van der Waals surface area (Å²) in [6, 6.07) is 80.7. The number of hydrogen-bond donors (Lipinski definition) is 0. The summed E-state index contributed by atoms with van der Waals surface area (Å²) < 4.78 is 6.50. The zero-order valence-corrected chi connectivity index (χ0v) is 31.7. The first-order chi connectivity index (χ1) is 28.8. The van der Waals surface area contributed by atoms with E-state index in [-0.39, 0.29) is 0 Å². The molecule has 10 aromatic carbocycles. The lowest BCUT2D eigenvalue weighted by atomic mass is 9.91. The Balaban J connectivity index is 1.05. The highest BCUT2D eigenvalue weighted by atomic mass is 16.5. The van der Waals surface area contributed by atoms with E-state index in [9.17, 15) is 0 Å². The van der Waals surface area contributed by atoms with Gasteiger partial charge in [-0.1, -0.05) is 176 Å². The van der Waals surface area contributed by atoms with Crippen molar-refractivity contribution < 1.29 is 4.74 Å². The molecule has 58 heavy (non-hydrogen) atoms. The molecule has 1 aliphatic heterocycles. The minimum atomic E-state index is 0.876. The fourth-order valence-electron chi connectivity index (χ4n) is 8.71. The summed E-state index contributed by atoms with van der Waals surface area (Å²) in [5, 5.41) is 4.73. The first kappa shape index (κ1) is 33.6. The van der Waals surface area contributed by atoms with Crippen LogP contribution in [0.2, 0.25) is 0 Å². The predicted octanol–water partition coefficient (Wildman–Crippen LogP) is 15.9. The van der Waals surface area contributed by atoms with E-state index in [1.165, 1.54) is 49.5 Å². The third kappa shape index (κ3) is 5.82. The highest BCUT2D eigenvalue weighted by Crippen LogP contribution is 2.49. The average molecular weight is 740 g/mol. The third-order valence-electron chi connectivity index (χ3n) is 11.5. The van der Waals surface area contributed by atoms with Crippen LogP contribution in [0, 0.1) is 0 Å². The molecule has 11 rings (SSSR count). The number of benzene rings is 10. The molecular weight excluding hydrogens is 703 g/mol. The lowest BCUT2D eigenvalue weighted by Crippen LogP contribution is -2.11. The molecule has 1 heterocycles. The summed E-state index contributed by atoms with van der Waals surface area (Å²) in [5.74, 6) is 1.78. The Morgan fingerprint density at radius 3 is 1.71 bits per heavy atom. The number of anilines is 3. The van der Waals surface area contributed by atoms with Gasteiger partial charge in [-0.3, -0.25) is 0 Å². The quantitative estimate of drug-likeness (QED) is 0.161. The Labute approximate surface area is 338 Å². The molecule has 1 aliphatic rings. The van der Waals surface area contributed by atoms with Crippen LogP contribution in [0.3, 0.4) is 0 Å². The van der Waals surface area contributed by atoms with Crippen molar-refractivity contribution in [1.29, 1.82) is 0 Å². The smallest absolute Gasteiger partial charge is 0.135 e. The van der Waals surface area contributed by atoms with Crippen LogP contribution in [0.1, 0.15) is 0 Å². The van der Waals surface area contributed by atoms with E-state index in [0.29, 0.717) is 0 Å². The lowest BCUT2D eigenvalue weighted by molar-refractivity contribution is 0.487. The van der Waals surface area contributed by atoms with Crippen molar-refractivity contribution in [3.8, 4) is 67.1 Å². The standard InChI is InChI=1S/C56H37NO/c1-3-14-39(15-4-1)46-34-30-43(36-50(46)41-16-5-2-6-17-41)38-28-32-45(33-29-38)57(53-26-12-19-40-18-7-8-22-47(40)53)52-25-10-9-23-48(52)44-31-35-54-51(37-44)49-24-11-20-42-21-13-27-55(58-54)56(42)49/h1-37H. The molecule has 0 aliphatic carbocycles. The number of fused-ring (bicyclic) bond motifs is 3. The van der Waals surface area contributed by atoms with Crippen molar-refractivity contribution in [2.45, 2.75) is 0 Å². The maximum atomic E-state index is 6.50. The van der Waals surface area contributed by atoms with Crippen LogP contribution in [0.15, 0.2) is 224 Å². The Hall–Kier alpha value is -7.68. The summed E-state index contributed by atoms with van der Waals surface area (Å²) in [6.07, 6.45) is 0. The molecule has 0 unspecified atom stereocenters. The van der Waals surface area contributed by atoms with Crippen LogP contribution in [0.5, 0.6) is 11.5 Å². The van der Waals surface area contributed by atoms with Crippen molar-refractivity contribution in [2.75, 3.05) is 4.90 Å². The van der Waals surface area contributed by atoms with Gasteiger partial charge in [0.15, 0.2) is 0 Å². The number of ether oxygens (including phenoxy) is 1. The molecule has 0 aromatic heterocycles. The van der Waals surface area contributed by atoms with E-state index in [4.69, 9.17) is 4.74 Å². The number of hydrogen-bond acceptors (Lipinski definition) is 2. The molecule has 272 valence electrons. The molecule has 0 atom stereocenters. The minimum absolute atomic E-state index is 0.876. The molecule has 0 N–H and O–H groups in total. The largest absolute Gasteiger partial charge is 0.456 e. The average Bonchev–Trinajstić information content (AvgIpc) is 3.30. The third-order valence-corrected chi connectivity index (χ3v) is 11.5. The van der Waals surface area contributed by atoms with Gasteiger partial charge in [-0.05, 0) is 104 Å². The monoisotopic (exact) mass is 739 g/mol. The summed E-state index contributed by atoms with van der Waals surface area (Å²) in [7, 11) is 0. The molecule has 2 heteroatoms. The SMILES string of the molecule is c1ccc(-c2ccc(-c3ccc(N(c4ccccc4-c4ccc5c(c4)-c4cccc6cccc(c46)O5)c4cccc5ccccc45)cc3)cc2-c2ccccc2)cc1. The van der Waals surface area contributed by atoms with Gasteiger partial charge in [0.05, 0.1) is 11.4 Å². The second-order valence-corrected chi connectivity index (χ2v) is 14.9. The predicted molar refractivity (Wildman–Crippen MR) is 243 cm³/mol. The number of para-hydroxylation sites is 1. The van der Waals surface area contributed by atoms with Gasteiger partial charge in [0.25, 0.3) is 0 Å².